The molecular weight excluding hydrogens is 220 g/mol. The van der Waals surface area contributed by atoms with Gasteiger partial charge in [0, 0.05) is 18.2 Å². The fraction of sp³-hybridized carbons (Fsp3) is 0.375. The van der Waals surface area contributed by atoms with Gasteiger partial charge in [-0.1, -0.05) is 37.1 Å². The standard InChI is InChI=1S/C16H22N2/c1-4-7-13(8-5-2)9-10-15(17)11-14(6-3)16-12-18-16/h4,6-8,11,16,18H,5,12,17H2,1-3H3/b7-4-,13-8+,14-6-,15-11-. The average Bonchev–Trinajstić information content (AvgIpc) is 3.18. The first-order valence-corrected chi connectivity index (χ1v) is 6.42. The summed E-state index contributed by atoms with van der Waals surface area (Å²) in [6.07, 6.45) is 11.1. The Bertz CT molecular complexity index is 449. The summed E-state index contributed by atoms with van der Waals surface area (Å²) in [6, 6.07) is 0.469. The second-order valence-electron chi connectivity index (χ2n) is 4.17. The molecule has 0 amide bonds. The van der Waals surface area contributed by atoms with Crippen LogP contribution in [0.5, 0.6) is 0 Å². The van der Waals surface area contributed by atoms with Gasteiger partial charge in [-0.25, -0.2) is 0 Å². The van der Waals surface area contributed by atoms with Crippen molar-refractivity contribution in [1.82, 2.24) is 5.32 Å². The molecule has 0 aromatic rings. The second-order valence-corrected chi connectivity index (χ2v) is 4.17. The summed E-state index contributed by atoms with van der Waals surface area (Å²) >= 11 is 0. The molecule has 1 rings (SSSR count). The monoisotopic (exact) mass is 242 g/mol. The van der Waals surface area contributed by atoms with Crippen LogP contribution in [0.1, 0.15) is 27.2 Å². The number of hydrogen-bond acceptors (Lipinski definition) is 2. The topological polar surface area (TPSA) is 48.0 Å². The van der Waals surface area contributed by atoms with Crippen molar-refractivity contribution in [2.75, 3.05) is 6.54 Å². The van der Waals surface area contributed by atoms with Crippen LogP contribution < -0.4 is 11.1 Å². The van der Waals surface area contributed by atoms with Gasteiger partial charge < -0.3 is 11.1 Å². The van der Waals surface area contributed by atoms with E-state index in [1.54, 1.807) is 0 Å². The van der Waals surface area contributed by atoms with Crippen LogP contribution in [0.3, 0.4) is 0 Å². The van der Waals surface area contributed by atoms with Crippen LogP contribution in [-0.2, 0) is 0 Å². The maximum atomic E-state index is 5.92. The van der Waals surface area contributed by atoms with E-state index in [0.717, 1.165) is 18.5 Å². The van der Waals surface area contributed by atoms with Crippen molar-refractivity contribution >= 4 is 0 Å². The summed E-state index contributed by atoms with van der Waals surface area (Å²) in [5.41, 5.74) is 8.77. The van der Waals surface area contributed by atoms with Crippen LogP contribution in [-0.4, -0.2) is 12.6 Å². The largest absolute Gasteiger partial charge is 0.392 e. The van der Waals surface area contributed by atoms with Crippen molar-refractivity contribution in [2.24, 2.45) is 5.73 Å². The minimum atomic E-state index is 0.469. The first-order chi connectivity index (χ1) is 8.71. The molecule has 1 heterocycles. The fourth-order valence-corrected chi connectivity index (χ4v) is 1.60. The predicted octanol–water partition coefficient (Wildman–Crippen LogP) is 2.66. The highest BCUT2D eigenvalue weighted by Gasteiger charge is 2.22. The summed E-state index contributed by atoms with van der Waals surface area (Å²) in [5, 5.41) is 3.26. The Morgan fingerprint density at radius 1 is 1.39 bits per heavy atom. The van der Waals surface area contributed by atoms with Crippen molar-refractivity contribution in [3.05, 3.63) is 47.2 Å². The first-order valence-electron chi connectivity index (χ1n) is 6.42. The summed E-state index contributed by atoms with van der Waals surface area (Å²) in [7, 11) is 0. The van der Waals surface area contributed by atoms with Crippen molar-refractivity contribution in [3.63, 3.8) is 0 Å². The Morgan fingerprint density at radius 2 is 2.11 bits per heavy atom. The molecule has 0 spiro atoms. The number of nitrogens with two attached hydrogens (primary N) is 1. The van der Waals surface area contributed by atoms with Crippen molar-refractivity contribution in [3.8, 4) is 11.8 Å². The van der Waals surface area contributed by atoms with E-state index >= 15 is 0 Å². The Hall–Kier alpha value is -1.72. The predicted molar refractivity (Wildman–Crippen MR) is 78.8 cm³/mol. The van der Waals surface area contributed by atoms with Crippen molar-refractivity contribution in [1.29, 1.82) is 0 Å². The van der Waals surface area contributed by atoms with E-state index in [-0.39, 0.29) is 0 Å². The van der Waals surface area contributed by atoms with E-state index in [4.69, 9.17) is 5.73 Å². The maximum absolute atomic E-state index is 5.92. The Morgan fingerprint density at radius 3 is 2.61 bits per heavy atom. The smallest absolute Gasteiger partial charge is 0.0834 e. The number of allylic oxidation sites excluding steroid dienone is 6. The molecule has 2 nitrogen and oxygen atoms in total. The Kier molecular flexibility index (Phi) is 6.04. The summed E-state index contributed by atoms with van der Waals surface area (Å²) in [4.78, 5) is 0. The molecule has 0 aromatic carbocycles. The van der Waals surface area contributed by atoms with Gasteiger partial charge in [0.1, 0.15) is 0 Å². The van der Waals surface area contributed by atoms with E-state index in [9.17, 15) is 0 Å². The third kappa shape index (κ3) is 5.07. The molecule has 2 heteroatoms. The van der Waals surface area contributed by atoms with Gasteiger partial charge in [0.15, 0.2) is 0 Å². The highest BCUT2D eigenvalue weighted by Crippen LogP contribution is 2.13. The first kappa shape index (κ1) is 14.3. The van der Waals surface area contributed by atoms with Crippen LogP contribution in [0.2, 0.25) is 0 Å². The average molecular weight is 242 g/mol. The number of hydrogen-bond donors (Lipinski definition) is 2. The number of nitrogens with one attached hydrogen (secondary N) is 1. The molecule has 0 saturated carbocycles. The van der Waals surface area contributed by atoms with Gasteiger partial charge in [0.25, 0.3) is 0 Å². The highest BCUT2D eigenvalue weighted by atomic mass is 15.1. The van der Waals surface area contributed by atoms with Gasteiger partial charge >= 0.3 is 0 Å². The summed E-state index contributed by atoms with van der Waals surface area (Å²) in [5.74, 6) is 6.09. The third-order valence-electron chi connectivity index (χ3n) is 2.59. The van der Waals surface area contributed by atoms with Gasteiger partial charge in [-0.05, 0) is 37.8 Å². The van der Waals surface area contributed by atoms with Gasteiger partial charge in [0.05, 0.1) is 5.70 Å². The van der Waals surface area contributed by atoms with Gasteiger partial charge in [-0.3, -0.25) is 0 Å². The lowest BCUT2D eigenvalue weighted by molar-refractivity contribution is 1.13. The molecule has 0 radical (unpaired) electrons. The number of rotatable bonds is 4. The molecular formula is C16H22N2. The molecule has 18 heavy (non-hydrogen) atoms. The van der Waals surface area contributed by atoms with E-state index in [2.05, 4.69) is 36.2 Å². The molecule has 96 valence electrons. The molecule has 1 fully saturated rings. The second kappa shape index (κ2) is 7.58. The van der Waals surface area contributed by atoms with Gasteiger partial charge in [-0.15, -0.1) is 0 Å². The van der Waals surface area contributed by atoms with E-state index in [1.807, 2.05) is 32.1 Å². The Labute approximate surface area is 110 Å². The summed E-state index contributed by atoms with van der Waals surface area (Å²) < 4.78 is 0. The quantitative estimate of drug-likeness (QED) is 0.452. The van der Waals surface area contributed by atoms with Crippen molar-refractivity contribution < 1.29 is 0 Å². The highest BCUT2D eigenvalue weighted by molar-refractivity contribution is 5.45. The molecule has 1 aliphatic rings. The molecule has 1 atom stereocenters. The molecule has 0 bridgehead atoms. The van der Waals surface area contributed by atoms with Gasteiger partial charge in [0.2, 0.25) is 0 Å². The van der Waals surface area contributed by atoms with E-state index in [0.29, 0.717) is 11.7 Å². The molecule has 0 aromatic heterocycles. The van der Waals surface area contributed by atoms with E-state index in [1.165, 1.54) is 5.57 Å². The minimum absolute atomic E-state index is 0.469. The normalized spacial score (nSPS) is 20.8. The molecule has 1 aliphatic heterocycles. The molecule has 0 aliphatic carbocycles. The van der Waals surface area contributed by atoms with E-state index < -0.39 is 0 Å². The van der Waals surface area contributed by atoms with Crippen LogP contribution in [0.25, 0.3) is 0 Å². The molecule has 1 unspecified atom stereocenters. The lowest BCUT2D eigenvalue weighted by atomic mass is 10.1. The Balaban J connectivity index is 2.76. The fourth-order valence-electron chi connectivity index (χ4n) is 1.60. The maximum Gasteiger partial charge on any atom is 0.0834 e. The van der Waals surface area contributed by atoms with Crippen LogP contribution in [0.4, 0.5) is 0 Å². The lowest BCUT2D eigenvalue weighted by Gasteiger charge is -1.96. The lowest BCUT2D eigenvalue weighted by Crippen LogP contribution is -1.99. The van der Waals surface area contributed by atoms with Gasteiger partial charge in [-0.2, -0.15) is 0 Å². The zero-order chi connectivity index (χ0) is 13.4. The van der Waals surface area contributed by atoms with Crippen LogP contribution in [0, 0.1) is 11.8 Å². The molecule has 3 N–H and O–H groups in total. The van der Waals surface area contributed by atoms with Crippen LogP contribution in [0.15, 0.2) is 47.2 Å². The summed E-state index contributed by atoms with van der Waals surface area (Å²) in [6.45, 7) is 7.15. The SMILES string of the molecule is C/C=C\C(C#C/C(N)=C/C(=C/C)C1CN1)=C/CC. The third-order valence-corrected chi connectivity index (χ3v) is 2.59. The van der Waals surface area contributed by atoms with Crippen LogP contribution >= 0.6 is 0 Å². The zero-order valence-corrected chi connectivity index (χ0v) is 11.5. The minimum Gasteiger partial charge on any atom is -0.392 e. The zero-order valence-electron chi connectivity index (χ0n) is 11.5. The molecule has 1 saturated heterocycles. The van der Waals surface area contributed by atoms with Crippen molar-refractivity contribution in [2.45, 2.75) is 33.2 Å².